The van der Waals surface area contributed by atoms with Gasteiger partial charge in [-0.2, -0.15) is 0 Å². The van der Waals surface area contributed by atoms with E-state index in [4.69, 9.17) is 5.73 Å². The Morgan fingerprint density at radius 2 is 2.38 bits per heavy atom. The average Bonchev–Trinajstić information content (AvgIpc) is 2.69. The predicted molar refractivity (Wildman–Crippen MR) is 62.7 cm³/mol. The summed E-state index contributed by atoms with van der Waals surface area (Å²) in [6.07, 6.45) is 6.55. The Kier molecular flexibility index (Phi) is 4.98. The van der Waals surface area contributed by atoms with E-state index in [0.29, 0.717) is 6.42 Å². The number of rotatable bonds is 6. The van der Waals surface area contributed by atoms with E-state index in [2.05, 4.69) is 10.3 Å². The predicted octanol–water partition coefficient (Wildman–Crippen LogP) is 0.515. The molecular formula is C11H20N4O. The number of hydrogen-bond donors (Lipinski definition) is 2. The molecule has 1 heterocycles. The zero-order valence-corrected chi connectivity index (χ0v) is 9.89. The number of nitrogens with one attached hydrogen (secondary N) is 1. The molecule has 3 N–H and O–H groups in total. The summed E-state index contributed by atoms with van der Waals surface area (Å²) in [6, 6.07) is 0.0474. The summed E-state index contributed by atoms with van der Waals surface area (Å²) in [7, 11) is 0. The van der Waals surface area contributed by atoms with Crippen LogP contribution in [0.25, 0.3) is 0 Å². The van der Waals surface area contributed by atoms with Crippen LogP contribution in [0.3, 0.4) is 0 Å². The summed E-state index contributed by atoms with van der Waals surface area (Å²) < 4.78 is 1.94. The van der Waals surface area contributed by atoms with Gasteiger partial charge in [-0.3, -0.25) is 4.79 Å². The minimum Gasteiger partial charge on any atom is -0.352 e. The average molecular weight is 224 g/mol. The van der Waals surface area contributed by atoms with Crippen molar-refractivity contribution in [2.45, 2.75) is 45.3 Å². The van der Waals surface area contributed by atoms with Crippen LogP contribution >= 0.6 is 0 Å². The maximum Gasteiger partial charge on any atom is 0.221 e. The first-order chi connectivity index (χ1) is 7.61. The largest absolute Gasteiger partial charge is 0.352 e. The molecule has 90 valence electrons. The van der Waals surface area contributed by atoms with Gasteiger partial charge in [-0.1, -0.05) is 6.92 Å². The van der Waals surface area contributed by atoms with E-state index in [0.717, 1.165) is 13.0 Å². The van der Waals surface area contributed by atoms with Crippen molar-refractivity contribution >= 4 is 5.91 Å². The molecule has 0 fully saturated rings. The van der Waals surface area contributed by atoms with Gasteiger partial charge in [0.1, 0.15) is 0 Å². The second kappa shape index (κ2) is 6.27. The Labute approximate surface area is 96.0 Å². The van der Waals surface area contributed by atoms with Gasteiger partial charge >= 0.3 is 0 Å². The van der Waals surface area contributed by atoms with Crippen LogP contribution in [0.15, 0.2) is 18.7 Å². The molecule has 0 saturated heterocycles. The van der Waals surface area contributed by atoms with E-state index < -0.39 is 0 Å². The van der Waals surface area contributed by atoms with Crippen molar-refractivity contribution in [3.63, 3.8) is 0 Å². The minimum absolute atomic E-state index is 0.0157. The van der Waals surface area contributed by atoms with Crippen LogP contribution in [0.5, 0.6) is 0 Å². The zero-order valence-electron chi connectivity index (χ0n) is 9.89. The quantitative estimate of drug-likeness (QED) is 0.739. The van der Waals surface area contributed by atoms with Crippen LogP contribution in [-0.2, 0) is 11.3 Å². The molecule has 2 unspecified atom stereocenters. The molecule has 0 radical (unpaired) electrons. The van der Waals surface area contributed by atoms with Crippen LogP contribution in [-0.4, -0.2) is 27.5 Å². The number of nitrogens with zero attached hydrogens (tertiary/aromatic N) is 2. The molecule has 0 aliphatic rings. The fourth-order valence-electron chi connectivity index (χ4n) is 1.47. The first kappa shape index (κ1) is 12.7. The number of aromatic nitrogens is 2. The molecule has 0 bridgehead atoms. The number of nitrogens with two attached hydrogens (primary N) is 1. The monoisotopic (exact) mass is 224 g/mol. The van der Waals surface area contributed by atoms with E-state index in [9.17, 15) is 4.79 Å². The van der Waals surface area contributed by atoms with Crippen molar-refractivity contribution in [1.29, 1.82) is 0 Å². The first-order valence-corrected chi connectivity index (χ1v) is 5.62. The van der Waals surface area contributed by atoms with E-state index in [1.165, 1.54) is 0 Å². The molecule has 5 nitrogen and oxygen atoms in total. The van der Waals surface area contributed by atoms with Gasteiger partial charge in [0, 0.05) is 37.4 Å². The molecule has 0 spiro atoms. The summed E-state index contributed by atoms with van der Waals surface area (Å²) in [5.74, 6) is 0.0157. The molecule has 0 aliphatic heterocycles. The molecule has 1 rings (SSSR count). The van der Waals surface area contributed by atoms with Gasteiger partial charge < -0.3 is 15.6 Å². The molecule has 0 aliphatic carbocycles. The van der Waals surface area contributed by atoms with E-state index in [1.807, 2.05) is 24.6 Å². The number of imidazole rings is 1. The van der Waals surface area contributed by atoms with Gasteiger partial charge in [-0.25, -0.2) is 4.98 Å². The molecule has 5 heteroatoms. The van der Waals surface area contributed by atoms with Gasteiger partial charge in [0.15, 0.2) is 0 Å². The number of hydrogen-bond acceptors (Lipinski definition) is 3. The number of carbonyl (C=O) groups excluding carboxylic acids is 1. The third-order valence-corrected chi connectivity index (χ3v) is 2.42. The summed E-state index contributed by atoms with van der Waals surface area (Å²) in [5.41, 5.74) is 5.71. The van der Waals surface area contributed by atoms with E-state index in [1.54, 1.807) is 12.5 Å². The molecule has 1 aromatic heterocycles. The molecular weight excluding hydrogens is 204 g/mol. The van der Waals surface area contributed by atoms with Crippen molar-refractivity contribution in [3.05, 3.63) is 18.7 Å². The fraction of sp³-hybridized carbons (Fsp3) is 0.636. The maximum absolute atomic E-state index is 11.5. The molecule has 0 saturated carbocycles. The van der Waals surface area contributed by atoms with Gasteiger partial charge in [-0.05, 0) is 13.3 Å². The van der Waals surface area contributed by atoms with Crippen LogP contribution in [0, 0.1) is 0 Å². The summed E-state index contributed by atoms with van der Waals surface area (Å²) >= 11 is 0. The number of amides is 1. The first-order valence-electron chi connectivity index (χ1n) is 5.62. The van der Waals surface area contributed by atoms with Gasteiger partial charge in [0.2, 0.25) is 5.91 Å². The third-order valence-electron chi connectivity index (χ3n) is 2.42. The standard InChI is InChI=1S/C11H20N4O/c1-3-10(12)6-11(16)14-9(2)7-15-5-4-13-8-15/h4-5,8-10H,3,6-7,12H2,1-2H3,(H,14,16). The van der Waals surface area contributed by atoms with Crippen molar-refractivity contribution in [3.8, 4) is 0 Å². The Morgan fingerprint density at radius 1 is 1.62 bits per heavy atom. The Hall–Kier alpha value is -1.36. The Bertz CT molecular complexity index is 310. The highest BCUT2D eigenvalue weighted by atomic mass is 16.1. The topological polar surface area (TPSA) is 72.9 Å². The van der Waals surface area contributed by atoms with Crippen molar-refractivity contribution in [2.24, 2.45) is 5.73 Å². The zero-order chi connectivity index (χ0) is 12.0. The highest BCUT2D eigenvalue weighted by molar-refractivity contribution is 5.76. The molecule has 2 atom stereocenters. The molecule has 16 heavy (non-hydrogen) atoms. The van der Waals surface area contributed by atoms with E-state index >= 15 is 0 Å². The summed E-state index contributed by atoms with van der Waals surface area (Å²) in [4.78, 5) is 15.5. The molecule has 1 amide bonds. The highest BCUT2D eigenvalue weighted by Gasteiger charge is 2.10. The van der Waals surface area contributed by atoms with Crippen molar-refractivity contribution in [1.82, 2.24) is 14.9 Å². The summed E-state index contributed by atoms with van der Waals surface area (Å²) in [6.45, 7) is 4.68. The smallest absolute Gasteiger partial charge is 0.221 e. The lowest BCUT2D eigenvalue weighted by molar-refractivity contribution is -0.122. The molecule has 0 aromatic carbocycles. The minimum atomic E-state index is -0.0413. The van der Waals surface area contributed by atoms with Crippen molar-refractivity contribution in [2.75, 3.05) is 0 Å². The van der Waals surface area contributed by atoms with Crippen molar-refractivity contribution < 1.29 is 4.79 Å². The Morgan fingerprint density at radius 3 is 2.94 bits per heavy atom. The van der Waals surface area contributed by atoms with Crippen LogP contribution < -0.4 is 11.1 Å². The van der Waals surface area contributed by atoms with Crippen LogP contribution in [0.1, 0.15) is 26.7 Å². The lowest BCUT2D eigenvalue weighted by Gasteiger charge is -2.15. The maximum atomic E-state index is 11.5. The van der Waals surface area contributed by atoms with Crippen LogP contribution in [0.4, 0.5) is 0 Å². The lowest BCUT2D eigenvalue weighted by Crippen LogP contribution is -2.38. The van der Waals surface area contributed by atoms with E-state index in [-0.39, 0.29) is 18.0 Å². The SMILES string of the molecule is CCC(N)CC(=O)NC(C)Cn1ccnc1. The van der Waals surface area contributed by atoms with Gasteiger partial charge in [-0.15, -0.1) is 0 Å². The molecule has 1 aromatic rings. The van der Waals surface area contributed by atoms with Gasteiger partial charge in [0.05, 0.1) is 6.33 Å². The lowest BCUT2D eigenvalue weighted by atomic mass is 10.1. The normalized spacial score (nSPS) is 14.4. The third kappa shape index (κ3) is 4.44. The van der Waals surface area contributed by atoms with Gasteiger partial charge in [0.25, 0.3) is 0 Å². The second-order valence-corrected chi connectivity index (χ2v) is 4.10. The fourth-order valence-corrected chi connectivity index (χ4v) is 1.47. The highest BCUT2D eigenvalue weighted by Crippen LogP contribution is 1.96. The summed E-state index contributed by atoms with van der Waals surface area (Å²) in [5, 5.41) is 2.92. The Balaban J connectivity index is 2.28. The number of carbonyl (C=O) groups is 1. The van der Waals surface area contributed by atoms with Crippen LogP contribution in [0.2, 0.25) is 0 Å². The second-order valence-electron chi connectivity index (χ2n) is 4.10.